The molecule has 0 unspecified atom stereocenters. The van der Waals surface area contributed by atoms with Crippen LogP contribution in [0.25, 0.3) is 6.08 Å². The zero-order chi connectivity index (χ0) is 23.8. The lowest BCUT2D eigenvalue weighted by molar-refractivity contribution is -0.130. The minimum atomic E-state index is -0.116. The van der Waals surface area contributed by atoms with Crippen LogP contribution in [0.15, 0.2) is 24.3 Å². The maximum Gasteiger partial charge on any atom is 0.246 e. The quantitative estimate of drug-likeness (QED) is 0.591. The van der Waals surface area contributed by atoms with Crippen molar-refractivity contribution in [1.82, 2.24) is 20.0 Å². The molecule has 2 aliphatic rings. The summed E-state index contributed by atoms with van der Waals surface area (Å²) < 4.78 is 0. The number of hydrogen-bond acceptors (Lipinski definition) is 4. The van der Waals surface area contributed by atoms with Crippen LogP contribution < -0.4 is 5.32 Å². The lowest BCUT2D eigenvalue weighted by Crippen LogP contribution is -2.41. The molecular weight excluding hydrogens is 463 g/mol. The number of carbonyl (C=O) groups is 3. The SMILES string of the molecule is CNC(=O)C1CCN(CCCN2CCN(C(=O)C=Cc3ccc(Cl)c(Cl)c3)CCC2=O)CC1. The van der Waals surface area contributed by atoms with Gasteiger partial charge in [0.15, 0.2) is 0 Å². The molecule has 3 amide bonds. The Morgan fingerprint density at radius 1 is 1.06 bits per heavy atom. The third-order valence-corrected chi connectivity index (χ3v) is 7.11. The summed E-state index contributed by atoms with van der Waals surface area (Å²) in [6.45, 7) is 4.93. The normalized spacial score (nSPS) is 18.6. The molecule has 0 saturated carbocycles. The molecule has 33 heavy (non-hydrogen) atoms. The average Bonchev–Trinajstić information content (AvgIpc) is 3.01. The molecular formula is C24H32Cl2N4O3. The minimum Gasteiger partial charge on any atom is -0.359 e. The van der Waals surface area contributed by atoms with Crippen molar-refractivity contribution in [1.29, 1.82) is 0 Å². The highest BCUT2D eigenvalue weighted by Crippen LogP contribution is 2.23. The second kappa shape index (κ2) is 12.4. The van der Waals surface area contributed by atoms with E-state index in [-0.39, 0.29) is 23.6 Å². The number of likely N-dealkylation sites (tertiary alicyclic amines) is 1. The van der Waals surface area contributed by atoms with Crippen LogP contribution in [0.3, 0.4) is 0 Å². The number of halogens is 2. The van der Waals surface area contributed by atoms with Crippen molar-refractivity contribution in [3.05, 3.63) is 39.9 Å². The van der Waals surface area contributed by atoms with Gasteiger partial charge in [-0.3, -0.25) is 14.4 Å². The van der Waals surface area contributed by atoms with Gasteiger partial charge in [0.25, 0.3) is 0 Å². The van der Waals surface area contributed by atoms with Crippen LogP contribution in [0.2, 0.25) is 10.0 Å². The van der Waals surface area contributed by atoms with E-state index in [0.717, 1.165) is 44.5 Å². The third kappa shape index (κ3) is 7.45. The molecule has 0 bridgehead atoms. The van der Waals surface area contributed by atoms with Crippen LogP contribution in [0.4, 0.5) is 0 Å². The van der Waals surface area contributed by atoms with Gasteiger partial charge in [0.05, 0.1) is 10.0 Å². The highest BCUT2D eigenvalue weighted by atomic mass is 35.5. The van der Waals surface area contributed by atoms with E-state index in [1.54, 1.807) is 36.2 Å². The Morgan fingerprint density at radius 2 is 1.82 bits per heavy atom. The average molecular weight is 495 g/mol. The molecule has 0 radical (unpaired) electrons. The zero-order valence-corrected chi connectivity index (χ0v) is 20.6. The second-order valence-corrected chi connectivity index (χ2v) is 9.36. The molecule has 2 saturated heterocycles. The van der Waals surface area contributed by atoms with Crippen LogP contribution in [0, 0.1) is 5.92 Å². The molecule has 2 heterocycles. The summed E-state index contributed by atoms with van der Waals surface area (Å²) in [5.41, 5.74) is 0.796. The molecule has 2 aliphatic heterocycles. The van der Waals surface area contributed by atoms with Gasteiger partial charge in [-0.1, -0.05) is 29.3 Å². The molecule has 1 aromatic rings. The van der Waals surface area contributed by atoms with E-state index in [2.05, 4.69) is 10.2 Å². The topological polar surface area (TPSA) is 73.0 Å². The van der Waals surface area contributed by atoms with Crippen molar-refractivity contribution in [2.45, 2.75) is 25.7 Å². The standard InChI is InChI=1S/C24H32Cl2N4O3/c1-27-24(33)19-7-12-28(13-8-19)10-2-11-29-15-16-30(14-9-23(29)32)22(31)6-4-18-3-5-20(25)21(26)17-18/h3-6,17,19H,2,7-16H2,1H3,(H,27,33). The zero-order valence-electron chi connectivity index (χ0n) is 19.1. The van der Waals surface area contributed by atoms with Crippen molar-refractivity contribution in [3.8, 4) is 0 Å². The summed E-state index contributed by atoms with van der Waals surface area (Å²) in [5.74, 6) is 0.232. The molecule has 0 aliphatic carbocycles. The van der Waals surface area contributed by atoms with E-state index < -0.39 is 0 Å². The van der Waals surface area contributed by atoms with Crippen molar-refractivity contribution < 1.29 is 14.4 Å². The molecule has 180 valence electrons. The Bertz CT molecular complexity index is 884. The van der Waals surface area contributed by atoms with E-state index >= 15 is 0 Å². The summed E-state index contributed by atoms with van der Waals surface area (Å²) >= 11 is 12.0. The van der Waals surface area contributed by atoms with E-state index in [1.807, 2.05) is 4.90 Å². The van der Waals surface area contributed by atoms with Crippen LogP contribution in [0.1, 0.15) is 31.2 Å². The van der Waals surface area contributed by atoms with Gasteiger partial charge in [-0.15, -0.1) is 0 Å². The number of carbonyl (C=O) groups excluding carboxylic acids is 3. The fraction of sp³-hybridized carbons (Fsp3) is 0.542. The molecule has 0 atom stereocenters. The van der Waals surface area contributed by atoms with Gasteiger partial charge in [0.2, 0.25) is 17.7 Å². The summed E-state index contributed by atoms with van der Waals surface area (Å²) in [6, 6.07) is 5.20. The molecule has 0 spiro atoms. The fourth-order valence-corrected chi connectivity index (χ4v) is 4.63. The summed E-state index contributed by atoms with van der Waals surface area (Å²) in [5, 5.41) is 3.65. The number of piperidine rings is 1. The summed E-state index contributed by atoms with van der Waals surface area (Å²) in [7, 11) is 1.69. The van der Waals surface area contributed by atoms with Crippen LogP contribution >= 0.6 is 23.2 Å². The Hall–Kier alpha value is -2.09. The second-order valence-electron chi connectivity index (χ2n) is 8.55. The first-order valence-electron chi connectivity index (χ1n) is 11.5. The number of amides is 3. The van der Waals surface area contributed by atoms with Crippen molar-refractivity contribution in [2.75, 3.05) is 52.9 Å². The molecule has 0 aromatic heterocycles. The van der Waals surface area contributed by atoms with Crippen LogP contribution in [-0.4, -0.2) is 85.3 Å². The predicted octanol–water partition coefficient (Wildman–Crippen LogP) is 2.92. The molecule has 3 rings (SSSR count). The highest BCUT2D eigenvalue weighted by Gasteiger charge is 2.25. The Kier molecular flexibility index (Phi) is 9.59. The maximum atomic E-state index is 12.6. The third-order valence-electron chi connectivity index (χ3n) is 6.37. The molecule has 1 N–H and O–H groups in total. The van der Waals surface area contributed by atoms with E-state index in [4.69, 9.17) is 23.2 Å². The first-order chi connectivity index (χ1) is 15.9. The van der Waals surface area contributed by atoms with Gasteiger partial charge < -0.3 is 20.0 Å². The molecule has 2 fully saturated rings. The van der Waals surface area contributed by atoms with E-state index in [9.17, 15) is 14.4 Å². The van der Waals surface area contributed by atoms with Gasteiger partial charge in [0.1, 0.15) is 0 Å². The summed E-state index contributed by atoms with van der Waals surface area (Å²) in [4.78, 5) is 42.9. The smallest absolute Gasteiger partial charge is 0.246 e. The van der Waals surface area contributed by atoms with Crippen molar-refractivity contribution >= 4 is 47.0 Å². The first kappa shape index (κ1) is 25.5. The molecule has 9 heteroatoms. The Morgan fingerprint density at radius 3 is 2.52 bits per heavy atom. The number of rotatable bonds is 7. The fourth-order valence-electron chi connectivity index (χ4n) is 4.32. The maximum absolute atomic E-state index is 12.6. The van der Waals surface area contributed by atoms with Gasteiger partial charge >= 0.3 is 0 Å². The lowest BCUT2D eigenvalue weighted by Gasteiger charge is -2.31. The Labute approximate surface area is 205 Å². The van der Waals surface area contributed by atoms with Crippen LogP contribution in [-0.2, 0) is 14.4 Å². The van der Waals surface area contributed by atoms with Gasteiger partial charge in [0, 0.05) is 51.6 Å². The number of nitrogens with zero attached hydrogens (tertiary/aromatic N) is 3. The van der Waals surface area contributed by atoms with Gasteiger partial charge in [-0.2, -0.15) is 0 Å². The van der Waals surface area contributed by atoms with Crippen molar-refractivity contribution in [2.24, 2.45) is 5.92 Å². The number of nitrogens with one attached hydrogen (secondary N) is 1. The van der Waals surface area contributed by atoms with Crippen LogP contribution in [0.5, 0.6) is 0 Å². The summed E-state index contributed by atoms with van der Waals surface area (Å²) in [6.07, 6.45) is 6.22. The number of hydrogen-bond donors (Lipinski definition) is 1. The monoisotopic (exact) mass is 494 g/mol. The molecule has 1 aromatic carbocycles. The minimum absolute atomic E-state index is 0.0945. The van der Waals surface area contributed by atoms with Gasteiger partial charge in [-0.05, 0) is 62.7 Å². The number of benzene rings is 1. The molecule has 7 nitrogen and oxygen atoms in total. The first-order valence-corrected chi connectivity index (χ1v) is 12.3. The van der Waals surface area contributed by atoms with E-state index in [1.165, 1.54) is 6.08 Å². The lowest BCUT2D eigenvalue weighted by atomic mass is 9.96. The van der Waals surface area contributed by atoms with E-state index in [0.29, 0.717) is 42.6 Å². The predicted molar refractivity (Wildman–Crippen MR) is 131 cm³/mol. The highest BCUT2D eigenvalue weighted by molar-refractivity contribution is 6.42. The Balaban J connectivity index is 1.42. The van der Waals surface area contributed by atoms with Gasteiger partial charge in [-0.25, -0.2) is 0 Å². The largest absolute Gasteiger partial charge is 0.359 e. The van der Waals surface area contributed by atoms with Crippen molar-refractivity contribution in [3.63, 3.8) is 0 Å².